The van der Waals surface area contributed by atoms with Gasteiger partial charge in [0.15, 0.2) is 12.3 Å². The summed E-state index contributed by atoms with van der Waals surface area (Å²) >= 11 is 0. The molecular weight excluding hydrogens is 428 g/mol. The van der Waals surface area contributed by atoms with E-state index in [1.54, 1.807) is 19.1 Å². The van der Waals surface area contributed by atoms with Crippen LogP contribution in [-0.4, -0.2) is 39.7 Å². The Morgan fingerprint density at radius 1 is 1.15 bits per heavy atom. The molecule has 0 aliphatic carbocycles. The molecule has 0 radical (unpaired) electrons. The number of aromatic nitrogens is 2. The Morgan fingerprint density at radius 2 is 1.85 bits per heavy atom. The lowest BCUT2D eigenvalue weighted by Crippen LogP contribution is -2.43. The highest BCUT2D eigenvalue weighted by Gasteiger charge is 2.25. The minimum absolute atomic E-state index is 0.0641. The Balaban J connectivity index is 2.33. The van der Waals surface area contributed by atoms with E-state index in [4.69, 9.17) is 10.5 Å². The van der Waals surface area contributed by atoms with E-state index in [0.717, 1.165) is 24.2 Å². The number of H-pyrrole nitrogens is 1. The molecule has 0 fully saturated rings. The molecule has 0 saturated carbocycles. The van der Waals surface area contributed by atoms with Crippen molar-refractivity contribution in [2.75, 3.05) is 23.8 Å². The predicted molar refractivity (Wildman–Crippen MR) is 126 cm³/mol. The van der Waals surface area contributed by atoms with E-state index in [0.29, 0.717) is 24.9 Å². The topological polar surface area (TPSA) is 148 Å². The van der Waals surface area contributed by atoms with Crippen LogP contribution >= 0.6 is 0 Å². The molecule has 0 aliphatic rings. The van der Waals surface area contributed by atoms with Crippen LogP contribution in [0.1, 0.15) is 61.9 Å². The SMILES string of the molecule is CCCCCN(C(=O)COC(=O)c1cccc(C)c1O)c1c(N)n(CCCC)c(=O)[nH]c1=O. The molecule has 0 aliphatic heterocycles. The summed E-state index contributed by atoms with van der Waals surface area (Å²) in [6.45, 7) is 5.38. The van der Waals surface area contributed by atoms with Crippen LogP contribution in [-0.2, 0) is 16.1 Å². The average Bonchev–Trinajstić information content (AvgIpc) is 2.77. The Labute approximate surface area is 192 Å². The van der Waals surface area contributed by atoms with Crippen LogP contribution in [0.4, 0.5) is 11.5 Å². The smallest absolute Gasteiger partial charge is 0.342 e. The number of carbonyl (C=O) groups excluding carboxylic acids is 2. The molecule has 1 amide bonds. The number of phenols is 1. The van der Waals surface area contributed by atoms with Gasteiger partial charge < -0.3 is 20.5 Å². The molecular formula is C23H32N4O6. The van der Waals surface area contributed by atoms with Crippen LogP contribution in [0.2, 0.25) is 0 Å². The van der Waals surface area contributed by atoms with Crippen molar-refractivity contribution in [3.63, 3.8) is 0 Å². The number of nitrogens with two attached hydrogens (primary N) is 1. The molecule has 4 N–H and O–H groups in total. The number of hydrogen-bond donors (Lipinski definition) is 3. The van der Waals surface area contributed by atoms with E-state index in [1.165, 1.54) is 10.6 Å². The Kier molecular flexibility index (Phi) is 9.26. The summed E-state index contributed by atoms with van der Waals surface area (Å²) in [5, 5.41) is 10.1. The van der Waals surface area contributed by atoms with Gasteiger partial charge in [-0.25, -0.2) is 9.59 Å². The van der Waals surface area contributed by atoms with Gasteiger partial charge in [-0.3, -0.25) is 19.1 Å². The number of para-hydroxylation sites is 1. The lowest BCUT2D eigenvalue weighted by molar-refractivity contribution is -0.121. The molecule has 0 saturated heterocycles. The summed E-state index contributed by atoms with van der Waals surface area (Å²) in [7, 11) is 0. The van der Waals surface area contributed by atoms with Crippen molar-refractivity contribution in [2.45, 2.75) is 59.4 Å². The molecule has 0 spiro atoms. The van der Waals surface area contributed by atoms with Gasteiger partial charge in [0.25, 0.3) is 11.5 Å². The number of carbonyl (C=O) groups is 2. The summed E-state index contributed by atoms with van der Waals surface area (Å²) in [5.41, 5.74) is 5.03. The maximum Gasteiger partial charge on any atom is 0.342 e. The van der Waals surface area contributed by atoms with E-state index in [1.807, 2.05) is 13.8 Å². The predicted octanol–water partition coefficient (Wildman–Crippen LogP) is 2.31. The van der Waals surface area contributed by atoms with E-state index in [2.05, 4.69) is 4.98 Å². The zero-order valence-electron chi connectivity index (χ0n) is 19.3. The van der Waals surface area contributed by atoms with Crippen molar-refractivity contribution < 1.29 is 19.4 Å². The van der Waals surface area contributed by atoms with Crippen molar-refractivity contribution in [2.24, 2.45) is 0 Å². The fourth-order valence-corrected chi connectivity index (χ4v) is 3.36. The second-order valence-corrected chi connectivity index (χ2v) is 7.80. The summed E-state index contributed by atoms with van der Waals surface area (Å²) in [6, 6.07) is 4.61. The summed E-state index contributed by atoms with van der Waals surface area (Å²) < 4.78 is 6.35. The van der Waals surface area contributed by atoms with Gasteiger partial charge in [-0.15, -0.1) is 0 Å². The Morgan fingerprint density at radius 3 is 2.52 bits per heavy atom. The standard InChI is InChI=1S/C23H32N4O6/c1-4-6-8-13-26(18-20(24)27(12-7-5-2)23(32)25-21(18)30)17(28)14-33-22(31)16-11-9-10-15(3)19(16)29/h9-11,29H,4-8,12-14,24H2,1-3H3,(H,25,30,32). The van der Waals surface area contributed by atoms with Gasteiger partial charge in [-0.2, -0.15) is 0 Å². The van der Waals surface area contributed by atoms with Crippen molar-refractivity contribution in [1.82, 2.24) is 9.55 Å². The number of phenolic OH excluding ortho intramolecular Hbond substituents is 1. The second kappa shape index (κ2) is 11.9. The molecule has 2 aromatic rings. The summed E-state index contributed by atoms with van der Waals surface area (Å²) in [6.07, 6.45) is 3.74. The normalized spacial score (nSPS) is 10.8. The number of amides is 1. The molecule has 10 heteroatoms. The Bertz CT molecular complexity index is 1110. The summed E-state index contributed by atoms with van der Waals surface area (Å²) in [5.74, 6) is -1.86. The molecule has 0 unspecified atom stereocenters. The van der Waals surface area contributed by atoms with Crippen LogP contribution in [0.25, 0.3) is 0 Å². The third-order valence-corrected chi connectivity index (χ3v) is 5.29. The molecule has 0 atom stereocenters. The van der Waals surface area contributed by atoms with E-state index >= 15 is 0 Å². The molecule has 10 nitrogen and oxygen atoms in total. The number of hydrogen-bond acceptors (Lipinski definition) is 7. The number of aromatic amines is 1. The van der Waals surface area contributed by atoms with E-state index < -0.39 is 29.7 Å². The number of anilines is 2. The van der Waals surface area contributed by atoms with Gasteiger partial charge in [0, 0.05) is 13.1 Å². The first kappa shape index (κ1) is 25.7. The molecule has 0 bridgehead atoms. The minimum Gasteiger partial charge on any atom is -0.507 e. The van der Waals surface area contributed by atoms with E-state index in [9.17, 15) is 24.3 Å². The third-order valence-electron chi connectivity index (χ3n) is 5.29. The summed E-state index contributed by atoms with van der Waals surface area (Å²) in [4.78, 5) is 53.7. The number of aromatic hydroxyl groups is 1. The van der Waals surface area contributed by atoms with Gasteiger partial charge in [-0.1, -0.05) is 45.2 Å². The zero-order valence-corrected chi connectivity index (χ0v) is 19.3. The van der Waals surface area contributed by atoms with Crippen molar-refractivity contribution in [1.29, 1.82) is 0 Å². The highest BCUT2D eigenvalue weighted by atomic mass is 16.5. The largest absolute Gasteiger partial charge is 0.507 e. The zero-order chi connectivity index (χ0) is 24.5. The van der Waals surface area contributed by atoms with Gasteiger partial charge in [0.05, 0.1) is 0 Å². The van der Waals surface area contributed by atoms with Crippen LogP contribution in [0.15, 0.2) is 27.8 Å². The molecule has 1 aromatic carbocycles. The van der Waals surface area contributed by atoms with Crippen molar-refractivity contribution in [3.8, 4) is 5.75 Å². The molecule has 180 valence electrons. The van der Waals surface area contributed by atoms with Gasteiger partial charge in [0.1, 0.15) is 17.1 Å². The number of nitrogen functional groups attached to an aromatic ring is 1. The van der Waals surface area contributed by atoms with Crippen molar-refractivity contribution >= 4 is 23.4 Å². The van der Waals surface area contributed by atoms with Gasteiger partial charge in [-0.05, 0) is 31.4 Å². The molecule has 33 heavy (non-hydrogen) atoms. The lowest BCUT2D eigenvalue weighted by atomic mass is 10.1. The number of unbranched alkanes of at least 4 members (excludes halogenated alkanes) is 3. The number of benzene rings is 1. The first-order valence-electron chi connectivity index (χ1n) is 11.1. The molecule has 1 aromatic heterocycles. The van der Waals surface area contributed by atoms with Crippen LogP contribution in [0.3, 0.4) is 0 Å². The van der Waals surface area contributed by atoms with E-state index in [-0.39, 0.29) is 29.4 Å². The number of ether oxygens (including phenoxy) is 1. The maximum absolute atomic E-state index is 13.0. The first-order valence-corrected chi connectivity index (χ1v) is 11.1. The van der Waals surface area contributed by atoms with Gasteiger partial charge in [0.2, 0.25) is 0 Å². The second-order valence-electron chi connectivity index (χ2n) is 7.80. The quantitative estimate of drug-likeness (QED) is 0.344. The number of nitrogens with zero attached hydrogens (tertiary/aromatic N) is 2. The highest BCUT2D eigenvalue weighted by molar-refractivity contribution is 5.99. The van der Waals surface area contributed by atoms with Crippen LogP contribution < -0.4 is 21.9 Å². The minimum atomic E-state index is -0.868. The fourth-order valence-electron chi connectivity index (χ4n) is 3.36. The van der Waals surface area contributed by atoms with Gasteiger partial charge >= 0.3 is 11.7 Å². The number of aryl methyl sites for hydroxylation is 1. The van der Waals surface area contributed by atoms with Crippen LogP contribution in [0, 0.1) is 6.92 Å². The highest BCUT2D eigenvalue weighted by Crippen LogP contribution is 2.23. The average molecular weight is 461 g/mol. The molecule has 2 rings (SSSR count). The monoisotopic (exact) mass is 460 g/mol. The number of rotatable bonds is 11. The maximum atomic E-state index is 13.0. The Hall–Kier alpha value is -3.56. The third kappa shape index (κ3) is 6.24. The van der Waals surface area contributed by atoms with Crippen LogP contribution in [0.5, 0.6) is 5.75 Å². The number of esters is 1. The first-order chi connectivity index (χ1) is 15.7. The number of nitrogens with one attached hydrogen (secondary N) is 1. The molecule has 1 heterocycles. The fraction of sp³-hybridized carbons (Fsp3) is 0.478. The van der Waals surface area contributed by atoms with Crippen molar-refractivity contribution in [3.05, 3.63) is 50.2 Å². The lowest BCUT2D eigenvalue weighted by Gasteiger charge is -2.24.